The van der Waals surface area contributed by atoms with E-state index in [9.17, 15) is 18.0 Å². The van der Waals surface area contributed by atoms with Crippen LogP contribution < -0.4 is 5.43 Å². The van der Waals surface area contributed by atoms with E-state index in [2.05, 4.69) is 20.7 Å². The number of H-pyrrole nitrogens is 1. The van der Waals surface area contributed by atoms with Gasteiger partial charge in [0.2, 0.25) is 0 Å². The molecular weight excluding hydrogens is 369 g/mol. The average Bonchev–Trinajstić information content (AvgIpc) is 3.14. The Bertz CT molecular complexity index is 1040. The van der Waals surface area contributed by atoms with Gasteiger partial charge in [0.15, 0.2) is 0 Å². The number of nitrogens with zero attached hydrogens (tertiary/aromatic N) is 2. The fourth-order valence-corrected chi connectivity index (χ4v) is 2.58. The second-order valence-corrected chi connectivity index (χ2v) is 6.25. The van der Waals surface area contributed by atoms with Crippen molar-refractivity contribution in [2.45, 2.75) is 20.0 Å². The average molecular weight is 386 g/mol. The van der Waals surface area contributed by atoms with Crippen LogP contribution in [0.3, 0.4) is 0 Å². The van der Waals surface area contributed by atoms with Gasteiger partial charge in [-0.3, -0.25) is 9.89 Å². The van der Waals surface area contributed by atoms with Gasteiger partial charge >= 0.3 is 6.18 Å². The number of halogens is 3. The lowest BCUT2D eigenvalue weighted by molar-refractivity contribution is -0.137. The van der Waals surface area contributed by atoms with E-state index < -0.39 is 17.6 Å². The van der Waals surface area contributed by atoms with Crippen LogP contribution in [0.1, 0.15) is 32.7 Å². The van der Waals surface area contributed by atoms with Crippen LogP contribution in [0.2, 0.25) is 0 Å². The number of alkyl halides is 3. The Balaban J connectivity index is 1.72. The molecule has 0 aliphatic rings. The number of hydrazone groups is 1. The number of benzene rings is 2. The molecule has 0 spiro atoms. The maximum absolute atomic E-state index is 13.0. The number of carbonyl (C=O) groups is 1. The molecule has 1 heterocycles. The van der Waals surface area contributed by atoms with Crippen LogP contribution in [0.5, 0.6) is 0 Å². The highest BCUT2D eigenvalue weighted by molar-refractivity contribution is 5.94. The molecule has 1 aromatic heterocycles. The highest BCUT2D eigenvalue weighted by Gasteiger charge is 2.32. The van der Waals surface area contributed by atoms with Crippen molar-refractivity contribution in [3.63, 3.8) is 0 Å². The Morgan fingerprint density at radius 2 is 1.86 bits per heavy atom. The molecule has 3 rings (SSSR count). The lowest BCUT2D eigenvalue weighted by Crippen LogP contribution is -2.18. The summed E-state index contributed by atoms with van der Waals surface area (Å²) in [5.41, 5.74) is 5.05. The van der Waals surface area contributed by atoms with Crippen molar-refractivity contribution >= 4 is 12.1 Å². The smallest absolute Gasteiger partial charge is 0.272 e. The topological polar surface area (TPSA) is 70.1 Å². The molecule has 28 heavy (non-hydrogen) atoms. The van der Waals surface area contributed by atoms with Crippen LogP contribution >= 0.6 is 0 Å². The molecule has 0 fully saturated rings. The van der Waals surface area contributed by atoms with Crippen LogP contribution in [0.25, 0.3) is 11.3 Å². The van der Waals surface area contributed by atoms with Crippen LogP contribution in [-0.4, -0.2) is 22.3 Å². The normalized spacial score (nSPS) is 11.8. The van der Waals surface area contributed by atoms with Crippen molar-refractivity contribution in [1.82, 2.24) is 15.6 Å². The summed E-state index contributed by atoms with van der Waals surface area (Å²) in [5.74, 6) is -0.608. The minimum atomic E-state index is -4.50. The van der Waals surface area contributed by atoms with Crippen LogP contribution in [0.15, 0.2) is 53.6 Å². The van der Waals surface area contributed by atoms with E-state index in [1.165, 1.54) is 18.2 Å². The molecule has 8 heteroatoms. The minimum Gasteiger partial charge on any atom is -0.272 e. The van der Waals surface area contributed by atoms with E-state index in [1.54, 1.807) is 6.07 Å². The molecule has 1 amide bonds. The Kier molecular flexibility index (Phi) is 5.30. The second-order valence-electron chi connectivity index (χ2n) is 6.25. The molecule has 0 radical (unpaired) electrons. The number of hydrogen-bond acceptors (Lipinski definition) is 3. The predicted octanol–water partition coefficient (Wildman–Crippen LogP) is 4.48. The third-order valence-electron chi connectivity index (χ3n) is 4.26. The first-order valence-electron chi connectivity index (χ1n) is 8.38. The molecule has 0 aliphatic carbocycles. The van der Waals surface area contributed by atoms with Gasteiger partial charge in [-0.25, -0.2) is 5.43 Å². The van der Waals surface area contributed by atoms with Crippen molar-refractivity contribution < 1.29 is 18.0 Å². The van der Waals surface area contributed by atoms with Crippen LogP contribution in [0, 0.1) is 13.8 Å². The molecule has 2 N–H and O–H groups in total. The highest BCUT2D eigenvalue weighted by Crippen LogP contribution is 2.31. The van der Waals surface area contributed by atoms with E-state index in [4.69, 9.17) is 0 Å². The first-order valence-corrected chi connectivity index (χ1v) is 8.38. The first kappa shape index (κ1) is 19.3. The molecule has 5 nitrogen and oxygen atoms in total. The van der Waals surface area contributed by atoms with Crippen molar-refractivity contribution in [3.8, 4) is 11.3 Å². The highest BCUT2D eigenvalue weighted by atomic mass is 19.4. The summed E-state index contributed by atoms with van der Waals surface area (Å²) < 4.78 is 38.9. The van der Waals surface area contributed by atoms with E-state index in [1.807, 2.05) is 32.0 Å². The second kappa shape index (κ2) is 7.67. The van der Waals surface area contributed by atoms with Gasteiger partial charge in [-0.15, -0.1) is 0 Å². The van der Waals surface area contributed by atoms with Gasteiger partial charge in [0.25, 0.3) is 5.91 Å². The molecular formula is C20H17F3N4O. The lowest BCUT2D eigenvalue weighted by atomic mass is 10.0. The Morgan fingerprint density at radius 3 is 2.57 bits per heavy atom. The van der Waals surface area contributed by atoms with Gasteiger partial charge in [-0.2, -0.15) is 23.4 Å². The molecule has 0 saturated heterocycles. The number of aryl methyl sites for hydroxylation is 2. The number of rotatable bonds is 4. The lowest BCUT2D eigenvalue weighted by Gasteiger charge is -2.09. The van der Waals surface area contributed by atoms with Crippen molar-refractivity contribution in [3.05, 3.63) is 76.5 Å². The monoisotopic (exact) mass is 386 g/mol. The van der Waals surface area contributed by atoms with E-state index in [0.717, 1.165) is 29.0 Å². The third-order valence-corrected chi connectivity index (χ3v) is 4.26. The maximum atomic E-state index is 13.0. The van der Waals surface area contributed by atoms with Gasteiger partial charge < -0.3 is 0 Å². The number of aromatic nitrogens is 2. The molecule has 144 valence electrons. The van der Waals surface area contributed by atoms with E-state index in [-0.39, 0.29) is 11.3 Å². The first-order chi connectivity index (χ1) is 13.3. The van der Waals surface area contributed by atoms with Crippen LogP contribution in [-0.2, 0) is 6.18 Å². The van der Waals surface area contributed by atoms with Gasteiger partial charge in [-0.05, 0) is 43.2 Å². The Hall–Kier alpha value is -3.42. The van der Waals surface area contributed by atoms with Gasteiger partial charge in [0, 0.05) is 11.1 Å². The van der Waals surface area contributed by atoms with Crippen molar-refractivity contribution in [2.24, 2.45) is 5.10 Å². The fraction of sp³-hybridized carbons (Fsp3) is 0.150. The van der Waals surface area contributed by atoms with E-state index >= 15 is 0 Å². The van der Waals surface area contributed by atoms with Crippen molar-refractivity contribution in [2.75, 3.05) is 0 Å². The molecule has 0 saturated carbocycles. The zero-order valence-corrected chi connectivity index (χ0v) is 15.1. The maximum Gasteiger partial charge on any atom is 0.417 e. The summed E-state index contributed by atoms with van der Waals surface area (Å²) in [4.78, 5) is 12.2. The number of hydrogen-bond donors (Lipinski definition) is 2. The molecule has 2 aromatic carbocycles. The molecule has 0 unspecified atom stereocenters. The number of aromatic amines is 1. The fourth-order valence-electron chi connectivity index (χ4n) is 2.58. The van der Waals surface area contributed by atoms with Crippen molar-refractivity contribution in [1.29, 1.82) is 0 Å². The summed E-state index contributed by atoms with van der Waals surface area (Å²) in [7, 11) is 0. The van der Waals surface area contributed by atoms with Crippen LogP contribution in [0.4, 0.5) is 13.2 Å². The van der Waals surface area contributed by atoms with Gasteiger partial charge in [0.05, 0.1) is 17.5 Å². The van der Waals surface area contributed by atoms with Gasteiger partial charge in [-0.1, -0.05) is 30.3 Å². The standard InChI is InChI=1S/C20H17F3N4O/c1-12-7-8-14(9-13(12)2)17-10-18(26-25-17)19(28)27-24-11-15-5-3-4-6-16(15)20(21,22)23/h3-11H,1-2H3,(H,25,26)(H,27,28)/b24-11-. The third kappa shape index (κ3) is 4.28. The SMILES string of the molecule is Cc1ccc(-c2cc(C(=O)N/N=C\c3ccccc3C(F)(F)F)[nH]n2)cc1C. The Morgan fingerprint density at radius 1 is 1.11 bits per heavy atom. The number of nitrogens with one attached hydrogen (secondary N) is 2. The molecule has 3 aromatic rings. The molecule has 0 atom stereocenters. The summed E-state index contributed by atoms with van der Waals surface area (Å²) in [6.07, 6.45) is -3.54. The van der Waals surface area contributed by atoms with E-state index in [0.29, 0.717) is 5.69 Å². The number of carbonyl (C=O) groups excluding carboxylic acids is 1. The zero-order valence-electron chi connectivity index (χ0n) is 15.1. The largest absolute Gasteiger partial charge is 0.417 e. The summed E-state index contributed by atoms with van der Waals surface area (Å²) in [6.45, 7) is 3.98. The zero-order chi connectivity index (χ0) is 20.3. The summed E-state index contributed by atoms with van der Waals surface area (Å²) in [5, 5.41) is 10.3. The number of amides is 1. The summed E-state index contributed by atoms with van der Waals surface area (Å²) in [6, 6.07) is 12.3. The quantitative estimate of drug-likeness (QED) is 0.513. The minimum absolute atomic E-state index is 0.143. The summed E-state index contributed by atoms with van der Waals surface area (Å²) >= 11 is 0. The molecule has 0 bridgehead atoms. The van der Waals surface area contributed by atoms with Gasteiger partial charge in [0.1, 0.15) is 5.69 Å². The Labute approximate surface area is 159 Å². The predicted molar refractivity (Wildman–Crippen MR) is 100 cm³/mol. The molecule has 0 aliphatic heterocycles.